The van der Waals surface area contributed by atoms with Crippen LogP contribution in [-0.4, -0.2) is 23.1 Å². The minimum Gasteiger partial charge on any atom is -0.384 e. The summed E-state index contributed by atoms with van der Waals surface area (Å²) < 4.78 is 65.4. The fourth-order valence-corrected chi connectivity index (χ4v) is 3.25. The number of aliphatic hydroxyl groups is 1. The van der Waals surface area contributed by atoms with E-state index in [-0.39, 0.29) is 30.6 Å². The van der Waals surface area contributed by atoms with E-state index in [0.717, 1.165) is 18.2 Å². The van der Waals surface area contributed by atoms with Gasteiger partial charge in [-0.15, -0.1) is 0 Å². The number of benzene rings is 2. The molecule has 2 aromatic carbocycles. The summed E-state index contributed by atoms with van der Waals surface area (Å²) in [4.78, 5) is 1.70. The summed E-state index contributed by atoms with van der Waals surface area (Å²) in [6.07, 6.45) is -4.20. The molecular weight excluding hydrogens is 367 g/mol. The van der Waals surface area contributed by atoms with Gasteiger partial charge in [-0.25, -0.2) is 8.78 Å². The molecule has 0 aromatic heterocycles. The van der Waals surface area contributed by atoms with Crippen LogP contribution in [-0.2, 0) is 18.3 Å². The number of nitrogens with zero attached hydrogens (tertiary/aromatic N) is 2. The number of alkyl halides is 3. The first-order valence-corrected chi connectivity index (χ1v) is 8.13. The molecule has 0 amide bonds. The summed E-state index contributed by atoms with van der Waals surface area (Å²) in [6, 6.07) is 7.71. The highest BCUT2D eigenvalue weighted by molar-refractivity contribution is 5.35. The normalized spacial score (nSPS) is 20.6. The largest absolute Gasteiger partial charge is 0.416 e. The number of rotatable bonds is 3. The van der Waals surface area contributed by atoms with Gasteiger partial charge in [-0.05, 0) is 30.2 Å². The maximum absolute atomic E-state index is 13.9. The van der Waals surface area contributed by atoms with Gasteiger partial charge < -0.3 is 5.11 Å². The van der Waals surface area contributed by atoms with Gasteiger partial charge in [-0.1, -0.05) is 12.1 Å². The van der Waals surface area contributed by atoms with Crippen molar-refractivity contribution in [1.82, 2.24) is 4.90 Å². The second-order valence-electron chi connectivity index (χ2n) is 6.60. The van der Waals surface area contributed by atoms with Crippen LogP contribution in [0.5, 0.6) is 0 Å². The molecule has 1 fully saturated rings. The van der Waals surface area contributed by atoms with Crippen LogP contribution in [0, 0.1) is 23.0 Å². The van der Waals surface area contributed by atoms with Gasteiger partial charge in [-0.3, -0.25) is 4.90 Å². The molecule has 1 saturated heterocycles. The van der Waals surface area contributed by atoms with Gasteiger partial charge in [-0.2, -0.15) is 18.4 Å². The average molecular weight is 382 g/mol. The number of halogens is 5. The SMILES string of the molecule is N#Cc1cc(CN2CCC(O)(c3ccc(C(F)(F)F)cc3)C2)c(F)cc1F. The van der Waals surface area contributed by atoms with Crippen molar-refractivity contribution < 1.29 is 27.1 Å². The van der Waals surface area contributed by atoms with Gasteiger partial charge in [0.2, 0.25) is 0 Å². The summed E-state index contributed by atoms with van der Waals surface area (Å²) in [6.45, 7) is 0.497. The molecule has 0 bridgehead atoms. The topological polar surface area (TPSA) is 47.3 Å². The minimum atomic E-state index is -4.46. The predicted octanol–water partition coefficient (Wildman–Crippen LogP) is 3.95. The van der Waals surface area contributed by atoms with Crippen LogP contribution in [0.15, 0.2) is 36.4 Å². The summed E-state index contributed by atoms with van der Waals surface area (Å²) >= 11 is 0. The van der Waals surface area contributed by atoms with E-state index < -0.39 is 29.0 Å². The second-order valence-corrected chi connectivity index (χ2v) is 6.60. The maximum atomic E-state index is 13.9. The first kappa shape index (κ1) is 19.3. The van der Waals surface area contributed by atoms with Crippen molar-refractivity contribution in [2.24, 2.45) is 0 Å². The Morgan fingerprint density at radius 3 is 2.37 bits per heavy atom. The fourth-order valence-electron chi connectivity index (χ4n) is 3.25. The maximum Gasteiger partial charge on any atom is 0.416 e. The lowest BCUT2D eigenvalue weighted by molar-refractivity contribution is -0.137. The van der Waals surface area contributed by atoms with Crippen molar-refractivity contribution in [2.45, 2.75) is 24.7 Å². The van der Waals surface area contributed by atoms with Crippen LogP contribution >= 0.6 is 0 Å². The third-order valence-corrected chi connectivity index (χ3v) is 4.73. The lowest BCUT2D eigenvalue weighted by atomic mass is 9.92. The van der Waals surface area contributed by atoms with E-state index in [2.05, 4.69) is 0 Å². The van der Waals surface area contributed by atoms with E-state index >= 15 is 0 Å². The highest BCUT2D eigenvalue weighted by Crippen LogP contribution is 2.35. The summed E-state index contributed by atoms with van der Waals surface area (Å²) in [5.41, 5.74) is -1.98. The number of β-amino-alcohol motifs (C(OH)–C–C–N with tert-alkyl or cyclic N) is 1. The second kappa shape index (κ2) is 6.91. The standard InChI is InChI=1S/C19H15F5N2O/c20-16-8-17(21)13(7-12(16)9-25)10-26-6-5-18(27,11-26)14-1-3-15(4-2-14)19(22,23)24/h1-4,7-8,27H,5-6,10-11H2. The molecule has 1 unspecified atom stereocenters. The molecule has 1 atom stereocenters. The summed E-state index contributed by atoms with van der Waals surface area (Å²) in [5.74, 6) is -1.74. The van der Waals surface area contributed by atoms with E-state index in [9.17, 15) is 27.1 Å². The van der Waals surface area contributed by atoms with Crippen molar-refractivity contribution in [3.8, 4) is 6.07 Å². The molecule has 1 heterocycles. The first-order chi connectivity index (χ1) is 12.6. The van der Waals surface area contributed by atoms with Gasteiger partial charge in [0, 0.05) is 31.3 Å². The molecule has 1 aliphatic rings. The van der Waals surface area contributed by atoms with Crippen molar-refractivity contribution in [1.29, 1.82) is 5.26 Å². The van der Waals surface area contributed by atoms with Crippen molar-refractivity contribution in [2.75, 3.05) is 13.1 Å². The lowest BCUT2D eigenvalue weighted by Crippen LogP contribution is -2.30. The number of nitriles is 1. The third-order valence-electron chi connectivity index (χ3n) is 4.73. The van der Waals surface area contributed by atoms with Crippen LogP contribution in [0.4, 0.5) is 22.0 Å². The monoisotopic (exact) mass is 382 g/mol. The zero-order valence-corrected chi connectivity index (χ0v) is 14.0. The molecule has 1 aliphatic heterocycles. The molecular formula is C19H15F5N2O. The number of hydrogen-bond acceptors (Lipinski definition) is 3. The van der Waals surface area contributed by atoms with E-state index in [1.165, 1.54) is 12.1 Å². The fraction of sp³-hybridized carbons (Fsp3) is 0.316. The lowest BCUT2D eigenvalue weighted by Gasteiger charge is -2.24. The van der Waals surface area contributed by atoms with Crippen LogP contribution in [0.1, 0.15) is 28.7 Å². The Labute approximate surface area is 152 Å². The molecule has 3 rings (SSSR count). The zero-order valence-electron chi connectivity index (χ0n) is 14.0. The molecule has 1 N–H and O–H groups in total. The van der Waals surface area contributed by atoms with Gasteiger partial charge >= 0.3 is 6.18 Å². The predicted molar refractivity (Wildman–Crippen MR) is 86.3 cm³/mol. The smallest absolute Gasteiger partial charge is 0.384 e. The minimum absolute atomic E-state index is 0.0454. The molecule has 8 heteroatoms. The Balaban J connectivity index is 1.76. The van der Waals surface area contributed by atoms with Crippen LogP contribution in [0.2, 0.25) is 0 Å². The molecule has 3 nitrogen and oxygen atoms in total. The van der Waals surface area contributed by atoms with Crippen molar-refractivity contribution >= 4 is 0 Å². The quantitative estimate of drug-likeness (QED) is 0.818. The third kappa shape index (κ3) is 3.94. The molecule has 0 spiro atoms. The van der Waals surface area contributed by atoms with E-state index in [1.54, 1.807) is 11.0 Å². The molecule has 142 valence electrons. The van der Waals surface area contributed by atoms with Crippen molar-refractivity contribution in [3.05, 3.63) is 70.3 Å². The molecule has 2 aromatic rings. The van der Waals surface area contributed by atoms with Crippen LogP contribution in [0.25, 0.3) is 0 Å². The highest BCUT2D eigenvalue weighted by Gasteiger charge is 2.38. The molecule has 27 heavy (non-hydrogen) atoms. The van der Waals surface area contributed by atoms with E-state index in [1.807, 2.05) is 0 Å². The van der Waals surface area contributed by atoms with Gasteiger partial charge in [0.1, 0.15) is 23.3 Å². The van der Waals surface area contributed by atoms with E-state index in [0.29, 0.717) is 18.2 Å². The number of likely N-dealkylation sites (tertiary alicyclic amines) is 1. The highest BCUT2D eigenvalue weighted by atomic mass is 19.4. The van der Waals surface area contributed by atoms with Crippen LogP contribution in [0.3, 0.4) is 0 Å². The van der Waals surface area contributed by atoms with Crippen LogP contribution < -0.4 is 0 Å². The van der Waals surface area contributed by atoms with Crippen molar-refractivity contribution in [3.63, 3.8) is 0 Å². The molecule has 0 radical (unpaired) electrons. The van der Waals surface area contributed by atoms with Gasteiger partial charge in [0.05, 0.1) is 11.1 Å². The molecule has 0 aliphatic carbocycles. The Morgan fingerprint density at radius 2 is 1.78 bits per heavy atom. The Kier molecular flexibility index (Phi) is 4.93. The Hall–Kier alpha value is -2.50. The van der Waals surface area contributed by atoms with Gasteiger partial charge in [0.25, 0.3) is 0 Å². The van der Waals surface area contributed by atoms with Gasteiger partial charge in [0.15, 0.2) is 0 Å². The average Bonchev–Trinajstić information content (AvgIpc) is 2.99. The molecule has 0 saturated carbocycles. The Morgan fingerprint density at radius 1 is 1.11 bits per heavy atom. The summed E-state index contributed by atoms with van der Waals surface area (Å²) in [7, 11) is 0. The number of hydrogen-bond donors (Lipinski definition) is 1. The van der Waals surface area contributed by atoms with E-state index in [4.69, 9.17) is 5.26 Å². The zero-order chi connectivity index (χ0) is 19.8. The first-order valence-electron chi connectivity index (χ1n) is 8.13. The summed E-state index contributed by atoms with van der Waals surface area (Å²) in [5, 5.41) is 19.6. The Bertz CT molecular complexity index is 889.